The number of nitrogens with two attached hydrogens (primary N) is 1. The van der Waals surface area contributed by atoms with E-state index in [2.05, 4.69) is 9.88 Å². The summed E-state index contributed by atoms with van der Waals surface area (Å²) in [5.41, 5.74) is 8.76. The highest BCUT2D eigenvalue weighted by atomic mass is 16.5. The monoisotopic (exact) mass is 441 g/mol. The third-order valence-corrected chi connectivity index (χ3v) is 5.87. The summed E-state index contributed by atoms with van der Waals surface area (Å²) in [5.74, 6) is 0.0542. The number of rotatable bonds is 9. The van der Waals surface area contributed by atoms with Crippen LogP contribution in [-0.2, 0) is 16.0 Å². The highest BCUT2D eigenvalue weighted by Crippen LogP contribution is 2.20. The topological polar surface area (TPSA) is 121 Å². The minimum atomic E-state index is -1.11. The summed E-state index contributed by atoms with van der Waals surface area (Å²) in [6, 6.07) is 12.4. The molecule has 2 heterocycles. The van der Waals surface area contributed by atoms with Crippen LogP contribution in [0.5, 0.6) is 5.75 Å². The number of hydrogen-bond acceptors (Lipinski definition) is 7. The first-order chi connectivity index (χ1) is 15.5. The highest BCUT2D eigenvalue weighted by molar-refractivity contribution is 5.89. The van der Waals surface area contributed by atoms with Gasteiger partial charge in [-0.2, -0.15) is 0 Å². The Morgan fingerprint density at radius 3 is 2.47 bits per heavy atom. The number of carbonyl (C=O) groups is 2. The fourth-order valence-electron chi connectivity index (χ4n) is 3.96. The van der Waals surface area contributed by atoms with Crippen molar-refractivity contribution in [3.05, 3.63) is 54.2 Å². The molecule has 0 bridgehead atoms. The highest BCUT2D eigenvalue weighted by Gasteiger charge is 2.34. The van der Waals surface area contributed by atoms with Crippen molar-refractivity contribution >= 4 is 17.6 Å². The third-order valence-electron chi connectivity index (χ3n) is 5.87. The number of nitrogens with zero attached hydrogens (tertiary/aromatic N) is 3. The first-order valence-electron chi connectivity index (χ1n) is 10.8. The number of nitrogens with one attached hydrogen (secondary N) is 1. The van der Waals surface area contributed by atoms with Gasteiger partial charge in [0.25, 0.3) is 5.91 Å². The SMILES string of the molecule is COc1ccc(CCC[C@H](C(=O)N2CCN(c3ccccn3)CC2)[C@H](N)C(=O)NO)cc1. The molecule has 1 aliphatic rings. The fraction of sp³-hybridized carbons (Fsp3) is 0.435. The molecule has 32 heavy (non-hydrogen) atoms. The third kappa shape index (κ3) is 5.95. The summed E-state index contributed by atoms with van der Waals surface area (Å²) in [6.07, 6.45) is 3.62. The van der Waals surface area contributed by atoms with E-state index >= 15 is 0 Å². The van der Waals surface area contributed by atoms with Gasteiger partial charge >= 0.3 is 0 Å². The number of hydroxylamine groups is 1. The van der Waals surface area contributed by atoms with E-state index in [1.807, 2.05) is 42.5 Å². The largest absolute Gasteiger partial charge is 0.497 e. The average Bonchev–Trinajstić information content (AvgIpc) is 2.86. The van der Waals surface area contributed by atoms with Crippen LogP contribution in [0.1, 0.15) is 18.4 Å². The normalized spacial score (nSPS) is 15.7. The lowest BCUT2D eigenvalue weighted by atomic mass is 9.91. The van der Waals surface area contributed by atoms with Crippen molar-refractivity contribution in [1.29, 1.82) is 0 Å². The van der Waals surface area contributed by atoms with Crippen LogP contribution in [0.4, 0.5) is 5.82 Å². The van der Waals surface area contributed by atoms with Gasteiger partial charge in [0.1, 0.15) is 11.6 Å². The van der Waals surface area contributed by atoms with Crippen molar-refractivity contribution in [2.75, 3.05) is 38.2 Å². The van der Waals surface area contributed by atoms with E-state index in [0.717, 1.165) is 23.6 Å². The molecule has 9 nitrogen and oxygen atoms in total. The molecule has 0 unspecified atom stereocenters. The van der Waals surface area contributed by atoms with E-state index in [0.29, 0.717) is 39.0 Å². The number of carbonyl (C=O) groups excluding carboxylic acids is 2. The Bertz CT molecular complexity index is 870. The molecule has 1 aliphatic heterocycles. The Balaban J connectivity index is 1.60. The molecule has 3 rings (SSSR count). The second-order valence-electron chi connectivity index (χ2n) is 7.85. The van der Waals surface area contributed by atoms with Crippen molar-refractivity contribution in [3.8, 4) is 5.75 Å². The van der Waals surface area contributed by atoms with Gasteiger partial charge in [0.05, 0.1) is 19.1 Å². The van der Waals surface area contributed by atoms with Gasteiger partial charge in [0.15, 0.2) is 0 Å². The summed E-state index contributed by atoms with van der Waals surface area (Å²) in [7, 11) is 1.62. The van der Waals surface area contributed by atoms with Crippen molar-refractivity contribution < 1.29 is 19.5 Å². The summed E-state index contributed by atoms with van der Waals surface area (Å²) >= 11 is 0. The van der Waals surface area contributed by atoms with Gasteiger partial charge in [-0.3, -0.25) is 14.8 Å². The number of benzene rings is 1. The molecular weight excluding hydrogens is 410 g/mol. The number of hydrogen-bond donors (Lipinski definition) is 3. The van der Waals surface area contributed by atoms with Gasteiger partial charge in [-0.25, -0.2) is 10.5 Å². The Morgan fingerprint density at radius 2 is 1.88 bits per heavy atom. The second kappa shape index (κ2) is 11.4. The lowest BCUT2D eigenvalue weighted by Crippen LogP contribution is -2.55. The minimum Gasteiger partial charge on any atom is -0.497 e. The van der Waals surface area contributed by atoms with Crippen LogP contribution in [0.25, 0.3) is 0 Å². The van der Waals surface area contributed by atoms with Crippen LogP contribution in [0.2, 0.25) is 0 Å². The molecule has 1 aromatic heterocycles. The van der Waals surface area contributed by atoms with Gasteiger partial charge < -0.3 is 20.3 Å². The number of aryl methyl sites for hydroxylation is 1. The Kier molecular flexibility index (Phi) is 8.41. The molecule has 1 aromatic carbocycles. The molecule has 0 saturated carbocycles. The zero-order valence-electron chi connectivity index (χ0n) is 18.3. The molecule has 1 saturated heterocycles. The molecule has 2 aromatic rings. The Hall–Kier alpha value is -3.17. The molecule has 172 valence electrons. The van der Waals surface area contributed by atoms with Crippen LogP contribution in [0.3, 0.4) is 0 Å². The zero-order chi connectivity index (χ0) is 22.9. The quantitative estimate of drug-likeness (QED) is 0.395. The molecule has 0 aliphatic carbocycles. The van der Waals surface area contributed by atoms with Crippen LogP contribution in [-0.4, -0.2) is 66.2 Å². The maximum absolute atomic E-state index is 13.3. The zero-order valence-corrected chi connectivity index (χ0v) is 18.3. The summed E-state index contributed by atoms with van der Waals surface area (Å²) in [6.45, 7) is 2.36. The van der Waals surface area contributed by atoms with E-state index in [1.54, 1.807) is 23.7 Å². The van der Waals surface area contributed by atoms with Gasteiger partial charge in [0, 0.05) is 32.4 Å². The van der Waals surface area contributed by atoms with Crippen molar-refractivity contribution in [2.45, 2.75) is 25.3 Å². The molecule has 2 amide bonds. The number of ether oxygens (including phenoxy) is 1. The van der Waals surface area contributed by atoms with Crippen molar-refractivity contribution in [2.24, 2.45) is 11.7 Å². The molecule has 1 fully saturated rings. The summed E-state index contributed by atoms with van der Waals surface area (Å²) in [4.78, 5) is 33.5. The number of pyridine rings is 1. The maximum Gasteiger partial charge on any atom is 0.261 e. The predicted molar refractivity (Wildman–Crippen MR) is 120 cm³/mol. The number of piperazine rings is 1. The minimum absolute atomic E-state index is 0.156. The van der Waals surface area contributed by atoms with Crippen LogP contribution in [0, 0.1) is 5.92 Å². The molecule has 4 N–H and O–H groups in total. The smallest absolute Gasteiger partial charge is 0.261 e. The second-order valence-corrected chi connectivity index (χ2v) is 7.85. The summed E-state index contributed by atoms with van der Waals surface area (Å²) < 4.78 is 5.17. The molecule has 0 radical (unpaired) electrons. The van der Waals surface area contributed by atoms with Gasteiger partial charge in [-0.15, -0.1) is 0 Å². The van der Waals surface area contributed by atoms with Crippen molar-refractivity contribution in [1.82, 2.24) is 15.4 Å². The van der Waals surface area contributed by atoms with Gasteiger partial charge in [-0.1, -0.05) is 18.2 Å². The van der Waals surface area contributed by atoms with E-state index in [9.17, 15) is 9.59 Å². The Labute approximate surface area is 188 Å². The van der Waals surface area contributed by atoms with Crippen LogP contribution in [0.15, 0.2) is 48.7 Å². The summed E-state index contributed by atoms with van der Waals surface area (Å²) in [5, 5.41) is 9.03. The number of anilines is 1. The molecule has 9 heteroatoms. The van der Waals surface area contributed by atoms with E-state index in [1.165, 1.54) is 0 Å². The Morgan fingerprint density at radius 1 is 1.16 bits per heavy atom. The molecule has 0 spiro atoms. The first-order valence-corrected chi connectivity index (χ1v) is 10.8. The lowest BCUT2D eigenvalue weighted by Gasteiger charge is -2.37. The van der Waals surface area contributed by atoms with Crippen molar-refractivity contribution in [3.63, 3.8) is 0 Å². The van der Waals surface area contributed by atoms with Crippen LogP contribution < -0.4 is 20.9 Å². The van der Waals surface area contributed by atoms with E-state index < -0.39 is 17.9 Å². The van der Waals surface area contributed by atoms with E-state index in [-0.39, 0.29) is 5.91 Å². The van der Waals surface area contributed by atoms with Gasteiger partial charge in [0.2, 0.25) is 5.91 Å². The molecule has 2 atom stereocenters. The number of amides is 2. The maximum atomic E-state index is 13.3. The number of methoxy groups -OCH3 is 1. The standard InChI is InChI=1S/C23H31N5O4/c1-32-18-10-8-17(9-11-18)5-4-6-19(21(24)22(29)26-31)23(30)28-15-13-27(14-16-28)20-7-2-3-12-25-20/h2-3,7-12,19,21,31H,4-6,13-16,24H2,1H3,(H,26,29)/t19-,21-/m0/s1. The fourth-order valence-corrected chi connectivity index (χ4v) is 3.96. The number of aromatic nitrogens is 1. The van der Waals surface area contributed by atoms with E-state index in [4.69, 9.17) is 15.7 Å². The van der Waals surface area contributed by atoms with Gasteiger partial charge in [-0.05, 0) is 49.1 Å². The predicted octanol–water partition coefficient (Wildman–Crippen LogP) is 1.21. The van der Waals surface area contributed by atoms with Crippen LogP contribution >= 0.6 is 0 Å². The lowest BCUT2D eigenvalue weighted by molar-refractivity contribution is -0.142. The average molecular weight is 442 g/mol. The molecular formula is C23H31N5O4. The first kappa shape index (κ1) is 23.5.